The molecule has 224 valence electrons. The molecule has 0 aliphatic heterocycles. The van der Waals surface area contributed by atoms with Crippen LogP contribution < -0.4 is 0 Å². The zero-order valence-electron chi connectivity index (χ0n) is 24.6. The smallest absolute Gasteiger partial charge is 0.158 e. The Kier molecular flexibility index (Phi) is 8.28. The molecule has 0 saturated heterocycles. The summed E-state index contributed by atoms with van der Waals surface area (Å²) < 4.78 is 57.0. The van der Waals surface area contributed by atoms with Gasteiger partial charge in [0.05, 0.1) is 22.9 Å². The summed E-state index contributed by atoms with van der Waals surface area (Å²) in [6, 6.07) is 23.6. The Morgan fingerprint density at radius 1 is 0.533 bits per heavy atom. The van der Waals surface area contributed by atoms with E-state index < -0.39 is 33.0 Å². The first-order chi connectivity index (χ1) is 21.7. The van der Waals surface area contributed by atoms with Crippen molar-refractivity contribution in [3.63, 3.8) is 0 Å². The van der Waals surface area contributed by atoms with Crippen LogP contribution in [-0.2, 0) is 21.3 Å². The Bertz CT molecular complexity index is 2010. The molecule has 4 aromatic heterocycles. The minimum atomic E-state index is -3.93. The number of nitrogens with zero attached hydrogens (tertiary/aromatic N) is 4. The molecule has 0 aliphatic carbocycles. The lowest BCUT2D eigenvalue weighted by Gasteiger charge is -2.13. The van der Waals surface area contributed by atoms with Crippen molar-refractivity contribution in [3.8, 4) is 44.8 Å². The maximum atomic E-state index is 15.4. The lowest BCUT2D eigenvalue weighted by Crippen LogP contribution is -2.10. The molecule has 9 heteroatoms. The van der Waals surface area contributed by atoms with E-state index in [-0.39, 0.29) is 11.1 Å². The van der Waals surface area contributed by atoms with Gasteiger partial charge in [0.1, 0.15) is 11.6 Å². The van der Waals surface area contributed by atoms with Crippen molar-refractivity contribution in [2.24, 2.45) is 0 Å². The molecule has 0 amide bonds. The zero-order valence-corrected chi connectivity index (χ0v) is 25.4. The summed E-state index contributed by atoms with van der Waals surface area (Å²) in [6.45, 7) is 3.77. The predicted molar refractivity (Wildman–Crippen MR) is 172 cm³/mol. The van der Waals surface area contributed by atoms with E-state index in [4.69, 9.17) is 0 Å². The van der Waals surface area contributed by atoms with Crippen molar-refractivity contribution in [1.82, 2.24) is 19.9 Å². The first-order valence-electron chi connectivity index (χ1n) is 14.2. The van der Waals surface area contributed by atoms with Gasteiger partial charge in [-0.3, -0.25) is 19.9 Å². The number of aryl methyl sites for hydroxylation is 2. The van der Waals surface area contributed by atoms with Crippen LogP contribution in [0.4, 0.5) is 8.78 Å². The molecule has 6 aromatic rings. The summed E-state index contributed by atoms with van der Waals surface area (Å²) in [6.07, 6.45) is 6.64. The monoisotopic (exact) mass is 618 g/mol. The Hall–Kier alpha value is -5.15. The van der Waals surface area contributed by atoms with Gasteiger partial charge in [-0.25, -0.2) is 17.2 Å². The Labute approximate surface area is 260 Å². The fourth-order valence-corrected chi connectivity index (χ4v) is 6.91. The molecule has 0 radical (unpaired) electrons. The normalized spacial score (nSPS) is 11.5. The number of aromatic nitrogens is 4. The van der Waals surface area contributed by atoms with Gasteiger partial charge in [0.2, 0.25) is 0 Å². The van der Waals surface area contributed by atoms with Crippen LogP contribution in [0, 0.1) is 25.5 Å². The highest BCUT2D eigenvalue weighted by Gasteiger charge is 2.21. The molecule has 0 N–H and O–H groups in total. The third-order valence-corrected chi connectivity index (χ3v) is 9.12. The number of pyridine rings is 4. The molecular weight excluding hydrogens is 590 g/mol. The first kappa shape index (κ1) is 29.9. The van der Waals surface area contributed by atoms with Crippen LogP contribution in [0.25, 0.3) is 44.8 Å². The van der Waals surface area contributed by atoms with E-state index in [1.807, 2.05) is 50.2 Å². The van der Waals surface area contributed by atoms with Gasteiger partial charge < -0.3 is 0 Å². The van der Waals surface area contributed by atoms with Crippen molar-refractivity contribution < 1.29 is 17.2 Å². The molecule has 0 fully saturated rings. The van der Waals surface area contributed by atoms with Gasteiger partial charge >= 0.3 is 0 Å². The van der Waals surface area contributed by atoms with Crippen LogP contribution in [0.15, 0.2) is 110 Å². The van der Waals surface area contributed by atoms with Gasteiger partial charge in [-0.15, -0.1) is 0 Å². The van der Waals surface area contributed by atoms with Crippen molar-refractivity contribution in [3.05, 3.63) is 144 Å². The summed E-state index contributed by atoms with van der Waals surface area (Å²) in [5.74, 6) is -2.52. The Morgan fingerprint density at radius 2 is 0.911 bits per heavy atom. The maximum absolute atomic E-state index is 15.4. The second kappa shape index (κ2) is 12.5. The van der Waals surface area contributed by atoms with Crippen LogP contribution >= 0.6 is 0 Å². The van der Waals surface area contributed by atoms with E-state index in [1.54, 1.807) is 49.1 Å². The van der Waals surface area contributed by atoms with Crippen LogP contribution in [-0.4, -0.2) is 28.4 Å². The molecule has 4 heterocycles. The topological polar surface area (TPSA) is 85.7 Å². The minimum Gasteiger partial charge on any atom is -0.261 e. The Balaban J connectivity index is 1.23. The number of benzene rings is 2. The Morgan fingerprint density at radius 3 is 1.29 bits per heavy atom. The maximum Gasteiger partial charge on any atom is 0.158 e. The summed E-state index contributed by atoms with van der Waals surface area (Å²) in [7, 11) is -3.93. The molecule has 0 saturated carbocycles. The highest BCUT2D eigenvalue weighted by molar-refractivity contribution is 7.89. The number of hydrogen-bond acceptors (Lipinski definition) is 6. The van der Waals surface area contributed by atoms with Crippen molar-refractivity contribution in [1.29, 1.82) is 0 Å². The molecule has 0 spiro atoms. The number of halogens is 2. The average molecular weight is 619 g/mol. The van der Waals surface area contributed by atoms with E-state index in [1.165, 1.54) is 24.3 Å². The first-order valence-corrected chi connectivity index (χ1v) is 16.0. The fraction of sp³-hybridized carbons (Fsp3) is 0.111. The van der Waals surface area contributed by atoms with Gasteiger partial charge in [-0.2, -0.15) is 0 Å². The summed E-state index contributed by atoms with van der Waals surface area (Å²) in [5.41, 5.74) is 7.03. The van der Waals surface area contributed by atoms with E-state index in [2.05, 4.69) is 19.9 Å². The molecule has 0 atom stereocenters. The molecule has 0 aliphatic rings. The van der Waals surface area contributed by atoms with Gasteiger partial charge in [0, 0.05) is 80.7 Å². The predicted octanol–water partition coefficient (Wildman–Crippen LogP) is 7.94. The van der Waals surface area contributed by atoms with Crippen LogP contribution in [0.1, 0.15) is 22.5 Å². The van der Waals surface area contributed by atoms with Crippen molar-refractivity contribution in [2.45, 2.75) is 25.4 Å². The van der Waals surface area contributed by atoms with Gasteiger partial charge in [-0.05, 0) is 50.2 Å². The van der Waals surface area contributed by atoms with Crippen LogP contribution in [0.5, 0.6) is 0 Å². The SMILES string of the molecule is Cc1ncccc1-c1cccnc1-c1ccc(CS(=O)(=O)Cc2ccc(-c3ncccc3-c3cccnc3C)cc2F)c(F)c1. The number of rotatable bonds is 8. The summed E-state index contributed by atoms with van der Waals surface area (Å²) in [4.78, 5) is 17.6. The highest BCUT2D eigenvalue weighted by atomic mass is 32.2. The summed E-state index contributed by atoms with van der Waals surface area (Å²) >= 11 is 0. The largest absolute Gasteiger partial charge is 0.261 e. The molecule has 0 unspecified atom stereocenters. The van der Waals surface area contributed by atoms with Crippen LogP contribution in [0.3, 0.4) is 0 Å². The molecule has 2 aromatic carbocycles. The number of sulfone groups is 1. The third kappa shape index (κ3) is 6.39. The van der Waals surface area contributed by atoms with Crippen LogP contribution in [0.2, 0.25) is 0 Å². The third-order valence-electron chi connectivity index (χ3n) is 7.61. The van der Waals surface area contributed by atoms with Gasteiger partial charge in [0.15, 0.2) is 9.84 Å². The minimum absolute atomic E-state index is 0.00390. The zero-order chi connectivity index (χ0) is 31.6. The average Bonchev–Trinajstić information content (AvgIpc) is 3.03. The molecule has 0 bridgehead atoms. The molecule has 6 nitrogen and oxygen atoms in total. The van der Waals surface area contributed by atoms with Gasteiger partial charge in [-0.1, -0.05) is 48.5 Å². The highest BCUT2D eigenvalue weighted by Crippen LogP contribution is 2.34. The molecule has 45 heavy (non-hydrogen) atoms. The second-order valence-electron chi connectivity index (χ2n) is 10.7. The second-order valence-corrected chi connectivity index (χ2v) is 12.8. The van der Waals surface area contributed by atoms with E-state index in [0.717, 1.165) is 33.6 Å². The summed E-state index contributed by atoms with van der Waals surface area (Å²) in [5, 5.41) is 0. The fourth-order valence-electron chi connectivity index (χ4n) is 5.39. The van der Waals surface area contributed by atoms with Crippen molar-refractivity contribution >= 4 is 9.84 Å². The quantitative estimate of drug-likeness (QED) is 0.172. The standard InChI is InChI=1S/C36H28F2N4O2S/c1-23-29(7-3-15-39-23)31-9-5-17-41-35(31)25-11-13-27(33(37)19-25)21-45(43,44)22-28-14-12-26(20-34(28)38)36-32(10-6-18-42-36)30-8-4-16-40-24(30)2/h3-20H,21-22H2,1-2H3. The van der Waals surface area contributed by atoms with E-state index in [9.17, 15) is 8.42 Å². The molecular formula is C36H28F2N4O2S. The van der Waals surface area contributed by atoms with Crippen molar-refractivity contribution in [2.75, 3.05) is 0 Å². The van der Waals surface area contributed by atoms with E-state index in [0.29, 0.717) is 22.5 Å². The lowest BCUT2D eigenvalue weighted by atomic mass is 9.98. The van der Waals surface area contributed by atoms with E-state index >= 15 is 8.78 Å². The van der Waals surface area contributed by atoms with Gasteiger partial charge in [0.25, 0.3) is 0 Å². The lowest BCUT2D eigenvalue weighted by molar-refractivity contribution is 0.581. The molecule has 6 rings (SSSR count). The number of hydrogen-bond donors (Lipinski definition) is 0.